The molecule has 1 aliphatic heterocycles. The molecule has 0 unspecified atom stereocenters. The van der Waals surface area contributed by atoms with Gasteiger partial charge in [-0.3, -0.25) is 4.90 Å². The molecular weight excluding hydrogens is 345 g/mol. The third-order valence-corrected chi connectivity index (χ3v) is 3.89. The van der Waals surface area contributed by atoms with Crippen LogP contribution in [0.15, 0.2) is 24.3 Å². The number of unbranched alkanes of at least 4 members (excludes halogenated alkanes) is 1. The highest BCUT2D eigenvalue weighted by atomic mass is 35.5. The first-order valence-corrected chi connectivity index (χ1v) is 7.70. The summed E-state index contributed by atoms with van der Waals surface area (Å²) < 4.78 is 29.3. The number of nitrogens with zero attached hydrogens (tertiary/aromatic N) is 1. The molecule has 0 saturated carbocycles. The van der Waals surface area contributed by atoms with Gasteiger partial charge in [-0.1, -0.05) is 31.9 Å². The topological polar surface area (TPSA) is 24.5 Å². The Bertz CT molecular complexity index is 432. The molecule has 1 fully saturated rings. The zero-order valence-corrected chi connectivity index (χ0v) is 15.0. The molecule has 1 aliphatic rings. The predicted molar refractivity (Wildman–Crippen MR) is 94.3 cm³/mol. The molecule has 23 heavy (non-hydrogen) atoms. The first kappa shape index (κ1) is 22.4. The summed E-state index contributed by atoms with van der Waals surface area (Å²) in [6, 6.07) is 7.45. The monoisotopic (exact) mass is 370 g/mol. The van der Waals surface area contributed by atoms with Crippen LogP contribution >= 0.6 is 24.8 Å². The number of hydrogen-bond donors (Lipinski definition) is 1. The Morgan fingerprint density at radius 3 is 2.52 bits per heavy atom. The summed E-state index contributed by atoms with van der Waals surface area (Å²) in [6.07, 6.45) is 3.32. The average Bonchev–Trinajstić information content (AvgIpc) is 2.48. The van der Waals surface area contributed by atoms with Crippen LogP contribution in [0, 0.1) is 0 Å². The number of ether oxygens (including phenoxy) is 1. The molecule has 1 heterocycles. The van der Waals surface area contributed by atoms with Crippen LogP contribution in [-0.2, 0) is 0 Å². The molecule has 1 N–H and O–H groups in total. The third kappa shape index (κ3) is 7.21. The van der Waals surface area contributed by atoms with Crippen molar-refractivity contribution in [3.8, 4) is 5.75 Å². The molecule has 1 aromatic carbocycles. The van der Waals surface area contributed by atoms with E-state index >= 15 is 0 Å². The Kier molecular flexibility index (Phi) is 11.5. The summed E-state index contributed by atoms with van der Waals surface area (Å²) in [6.45, 7) is 3.35. The fourth-order valence-corrected chi connectivity index (χ4v) is 2.85. The standard InChI is InChI=1S/C16H24F2N2O.2ClH/c1-2-3-7-15(20-10-8-19-9-11-20)13-5-4-6-14(12-13)21-16(17)18;;/h4-6,12,15-16,19H,2-3,7-11H2,1H3;2*1H/t15-;;/m0../s1. The Hall–Kier alpha value is -0.620. The van der Waals surface area contributed by atoms with Gasteiger partial charge in [-0.15, -0.1) is 24.8 Å². The van der Waals surface area contributed by atoms with E-state index in [2.05, 4.69) is 21.9 Å². The van der Waals surface area contributed by atoms with E-state index < -0.39 is 6.61 Å². The van der Waals surface area contributed by atoms with Crippen molar-refractivity contribution in [2.45, 2.75) is 38.8 Å². The van der Waals surface area contributed by atoms with E-state index in [0.29, 0.717) is 0 Å². The summed E-state index contributed by atoms with van der Waals surface area (Å²) in [4.78, 5) is 2.44. The summed E-state index contributed by atoms with van der Waals surface area (Å²) >= 11 is 0. The van der Waals surface area contributed by atoms with Gasteiger partial charge in [-0.2, -0.15) is 8.78 Å². The van der Waals surface area contributed by atoms with Crippen molar-refractivity contribution in [2.75, 3.05) is 26.2 Å². The van der Waals surface area contributed by atoms with Crippen LogP contribution in [0.2, 0.25) is 0 Å². The summed E-state index contributed by atoms with van der Waals surface area (Å²) in [5.74, 6) is 0.249. The molecular formula is C16H26Cl2F2N2O. The highest BCUT2D eigenvalue weighted by Crippen LogP contribution is 2.29. The van der Waals surface area contributed by atoms with Crippen LogP contribution in [-0.4, -0.2) is 37.7 Å². The SMILES string of the molecule is CCCC[C@@H](c1cccc(OC(F)F)c1)N1CCNCC1.Cl.Cl. The number of nitrogens with one attached hydrogen (secondary N) is 1. The molecule has 0 spiro atoms. The third-order valence-electron chi connectivity index (χ3n) is 3.89. The molecule has 1 saturated heterocycles. The Morgan fingerprint density at radius 2 is 1.91 bits per heavy atom. The smallest absolute Gasteiger partial charge is 0.387 e. The lowest BCUT2D eigenvalue weighted by Gasteiger charge is -2.35. The zero-order chi connectivity index (χ0) is 15.1. The number of halogens is 4. The largest absolute Gasteiger partial charge is 0.435 e. The van der Waals surface area contributed by atoms with Crippen LogP contribution in [0.3, 0.4) is 0 Å². The number of alkyl halides is 2. The fourth-order valence-electron chi connectivity index (χ4n) is 2.85. The van der Waals surface area contributed by atoms with Crippen LogP contribution in [0.4, 0.5) is 8.78 Å². The number of benzene rings is 1. The van der Waals surface area contributed by atoms with Crippen molar-refractivity contribution < 1.29 is 13.5 Å². The second-order valence-corrected chi connectivity index (χ2v) is 5.39. The molecule has 0 amide bonds. The zero-order valence-electron chi connectivity index (χ0n) is 13.3. The van der Waals surface area contributed by atoms with Crippen molar-refractivity contribution >= 4 is 24.8 Å². The van der Waals surface area contributed by atoms with E-state index in [-0.39, 0.29) is 36.6 Å². The molecule has 0 radical (unpaired) electrons. The summed E-state index contributed by atoms with van der Waals surface area (Å²) in [5, 5.41) is 3.35. The highest BCUT2D eigenvalue weighted by Gasteiger charge is 2.22. The molecule has 0 aromatic heterocycles. The lowest BCUT2D eigenvalue weighted by molar-refractivity contribution is -0.0499. The lowest BCUT2D eigenvalue weighted by Crippen LogP contribution is -2.45. The number of piperazine rings is 1. The van der Waals surface area contributed by atoms with Gasteiger partial charge in [0.15, 0.2) is 0 Å². The number of hydrogen-bond acceptors (Lipinski definition) is 3. The van der Waals surface area contributed by atoms with E-state index in [1.165, 1.54) is 0 Å². The maximum Gasteiger partial charge on any atom is 0.387 e. The summed E-state index contributed by atoms with van der Waals surface area (Å²) in [7, 11) is 0. The number of rotatable bonds is 7. The van der Waals surface area contributed by atoms with E-state index in [1.54, 1.807) is 18.2 Å². The van der Waals surface area contributed by atoms with Gasteiger partial charge in [0.1, 0.15) is 5.75 Å². The normalized spacial score (nSPS) is 16.3. The van der Waals surface area contributed by atoms with E-state index in [0.717, 1.165) is 51.0 Å². The van der Waals surface area contributed by atoms with Crippen LogP contribution in [0.25, 0.3) is 0 Å². The molecule has 2 rings (SSSR count). The first-order chi connectivity index (χ1) is 10.2. The molecule has 0 bridgehead atoms. The highest BCUT2D eigenvalue weighted by molar-refractivity contribution is 5.85. The van der Waals surface area contributed by atoms with Gasteiger partial charge in [0, 0.05) is 32.2 Å². The quantitative estimate of drug-likeness (QED) is 0.775. The average molecular weight is 371 g/mol. The van der Waals surface area contributed by atoms with Gasteiger partial charge in [0.25, 0.3) is 0 Å². The second kappa shape index (κ2) is 11.8. The lowest BCUT2D eigenvalue weighted by atomic mass is 9.98. The molecule has 7 heteroatoms. The predicted octanol–water partition coefficient (Wildman–Crippen LogP) is 4.27. The Morgan fingerprint density at radius 1 is 1.22 bits per heavy atom. The first-order valence-electron chi connectivity index (χ1n) is 7.70. The van der Waals surface area contributed by atoms with E-state index in [9.17, 15) is 8.78 Å². The van der Waals surface area contributed by atoms with Crippen LogP contribution < -0.4 is 10.1 Å². The van der Waals surface area contributed by atoms with Gasteiger partial charge < -0.3 is 10.1 Å². The van der Waals surface area contributed by atoms with E-state index in [4.69, 9.17) is 0 Å². The maximum absolute atomic E-state index is 12.4. The van der Waals surface area contributed by atoms with Gasteiger partial charge in [-0.25, -0.2) is 0 Å². The second-order valence-electron chi connectivity index (χ2n) is 5.39. The van der Waals surface area contributed by atoms with Gasteiger partial charge in [-0.05, 0) is 24.1 Å². The fraction of sp³-hybridized carbons (Fsp3) is 0.625. The van der Waals surface area contributed by atoms with E-state index in [1.807, 2.05) is 6.07 Å². The van der Waals surface area contributed by atoms with Crippen molar-refractivity contribution in [3.63, 3.8) is 0 Å². The Labute approximate surface area is 149 Å². The molecule has 134 valence electrons. The molecule has 3 nitrogen and oxygen atoms in total. The van der Waals surface area contributed by atoms with Crippen molar-refractivity contribution in [2.24, 2.45) is 0 Å². The van der Waals surface area contributed by atoms with Gasteiger partial charge in [0.05, 0.1) is 0 Å². The van der Waals surface area contributed by atoms with Crippen LogP contribution in [0.1, 0.15) is 37.8 Å². The van der Waals surface area contributed by atoms with Crippen LogP contribution in [0.5, 0.6) is 5.75 Å². The molecule has 1 aromatic rings. The van der Waals surface area contributed by atoms with Crippen molar-refractivity contribution in [3.05, 3.63) is 29.8 Å². The van der Waals surface area contributed by atoms with Gasteiger partial charge in [0.2, 0.25) is 0 Å². The van der Waals surface area contributed by atoms with Crippen molar-refractivity contribution in [1.29, 1.82) is 0 Å². The maximum atomic E-state index is 12.4. The minimum atomic E-state index is -2.77. The minimum Gasteiger partial charge on any atom is -0.435 e. The molecule has 1 atom stereocenters. The van der Waals surface area contributed by atoms with Gasteiger partial charge >= 0.3 is 6.61 Å². The summed E-state index contributed by atoms with van der Waals surface area (Å²) in [5.41, 5.74) is 1.07. The Balaban J connectivity index is 0.00000242. The molecule has 0 aliphatic carbocycles. The minimum absolute atomic E-state index is 0. The van der Waals surface area contributed by atoms with Crippen molar-refractivity contribution in [1.82, 2.24) is 10.2 Å².